The summed E-state index contributed by atoms with van der Waals surface area (Å²) in [5.41, 5.74) is 1.45. The molecule has 0 saturated heterocycles. The van der Waals surface area contributed by atoms with Gasteiger partial charge in [0.15, 0.2) is 0 Å². The molecule has 0 bridgehead atoms. The number of urea groups is 1. The van der Waals surface area contributed by atoms with Gasteiger partial charge in [0.25, 0.3) is 0 Å². The summed E-state index contributed by atoms with van der Waals surface area (Å²) in [6.45, 7) is 3.40. The maximum Gasteiger partial charge on any atom is 0.335 e. The SMILES string of the molecule is CC1(CNC(=O)NCCc2cccc(C(=O)O)c2)CCC1. The molecule has 2 rings (SSSR count). The van der Waals surface area contributed by atoms with E-state index in [4.69, 9.17) is 5.11 Å². The first-order valence-corrected chi connectivity index (χ1v) is 7.32. The third kappa shape index (κ3) is 4.48. The number of benzene rings is 1. The van der Waals surface area contributed by atoms with Gasteiger partial charge in [-0.05, 0) is 42.4 Å². The molecule has 5 nitrogen and oxygen atoms in total. The minimum atomic E-state index is -0.934. The molecule has 21 heavy (non-hydrogen) atoms. The molecule has 0 aliphatic heterocycles. The zero-order valence-corrected chi connectivity index (χ0v) is 12.3. The lowest BCUT2D eigenvalue weighted by Crippen LogP contribution is -2.44. The first-order valence-electron chi connectivity index (χ1n) is 7.32. The number of carbonyl (C=O) groups is 2. The molecule has 0 aromatic heterocycles. The Morgan fingerprint density at radius 2 is 2.05 bits per heavy atom. The minimum absolute atomic E-state index is 0.155. The molecule has 114 valence electrons. The Kier molecular flexibility index (Phi) is 4.83. The van der Waals surface area contributed by atoms with Gasteiger partial charge in [0.2, 0.25) is 0 Å². The third-order valence-electron chi connectivity index (χ3n) is 4.11. The predicted octanol–water partition coefficient (Wildman–Crippen LogP) is 2.42. The lowest BCUT2D eigenvalue weighted by molar-refractivity contribution is 0.0696. The largest absolute Gasteiger partial charge is 0.478 e. The van der Waals surface area contributed by atoms with E-state index >= 15 is 0 Å². The molecule has 1 aromatic rings. The number of carboxylic acid groups (broad SMARTS) is 1. The standard InChI is InChI=1S/C16H22N2O3/c1-16(7-3-8-16)11-18-15(21)17-9-6-12-4-2-5-13(10-12)14(19)20/h2,4-5,10H,3,6-9,11H2,1H3,(H,19,20)(H2,17,18,21). The summed E-state index contributed by atoms with van der Waals surface area (Å²) < 4.78 is 0. The Hall–Kier alpha value is -2.04. The van der Waals surface area contributed by atoms with Gasteiger partial charge in [0.1, 0.15) is 0 Å². The van der Waals surface area contributed by atoms with E-state index in [0.29, 0.717) is 19.5 Å². The molecule has 0 unspecified atom stereocenters. The Labute approximate surface area is 124 Å². The van der Waals surface area contributed by atoms with Crippen molar-refractivity contribution in [1.82, 2.24) is 10.6 Å². The first-order chi connectivity index (χ1) is 9.98. The van der Waals surface area contributed by atoms with Crippen LogP contribution in [0.4, 0.5) is 4.79 Å². The van der Waals surface area contributed by atoms with Crippen molar-refractivity contribution in [3.8, 4) is 0 Å². The predicted molar refractivity (Wildman–Crippen MR) is 80.5 cm³/mol. The summed E-state index contributed by atoms with van der Waals surface area (Å²) in [7, 11) is 0. The fourth-order valence-electron chi connectivity index (χ4n) is 2.49. The van der Waals surface area contributed by atoms with Crippen LogP contribution in [0, 0.1) is 5.41 Å². The lowest BCUT2D eigenvalue weighted by Gasteiger charge is -2.38. The molecular weight excluding hydrogens is 268 g/mol. The van der Waals surface area contributed by atoms with Gasteiger partial charge < -0.3 is 15.7 Å². The summed E-state index contributed by atoms with van der Waals surface area (Å²) in [6.07, 6.45) is 4.22. The van der Waals surface area contributed by atoms with Crippen molar-refractivity contribution >= 4 is 12.0 Å². The second-order valence-electron chi connectivity index (χ2n) is 6.03. The fourth-order valence-corrected chi connectivity index (χ4v) is 2.49. The Bertz CT molecular complexity index is 524. The number of amides is 2. The van der Waals surface area contributed by atoms with Crippen LogP contribution in [-0.4, -0.2) is 30.2 Å². The number of aromatic carboxylic acids is 1. The van der Waals surface area contributed by atoms with Crippen molar-refractivity contribution in [2.75, 3.05) is 13.1 Å². The molecule has 2 amide bonds. The van der Waals surface area contributed by atoms with Crippen LogP contribution in [0.3, 0.4) is 0 Å². The number of nitrogens with one attached hydrogen (secondary N) is 2. The molecule has 1 aromatic carbocycles. The lowest BCUT2D eigenvalue weighted by atomic mass is 9.70. The van der Waals surface area contributed by atoms with Crippen molar-refractivity contribution in [2.24, 2.45) is 5.41 Å². The highest BCUT2D eigenvalue weighted by Gasteiger charge is 2.31. The van der Waals surface area contributed by atoms with E-state index in [0.717, 1.165) is 5.56 Å². The molecule has 1 saturated carbocycles. The molecule has 1 aliphatic rings. The van der Waals surface area contributed by atoms with Crippen LogP contribution in [-0.2, 0) is 6.42 Å². The van der Waals surface area contributed by atoms with Gasteiger partial charge in [-0.15, -0.1) is 0 Å². The Morgan fingerprint density at radius 1 is 1.29 bits per heavy atom. The summed E-state index contributed by atoms with van der Waals surface area (Å²) in [5.74, 6) is -0.934. The van der Waals surface area contributed by atoms with Crippen LogP contribution in [0.25, 0.3) is 0 Å². The van der Waals surface area contributed by atoms with Gasteiger partial charge in [-0.3, -0.25) is 0 Å². The van der Waals surface area contributed by atoms with Crippen molar-refractivity contribution < 1.29 is 14.7 Å². The van der Waals surface area contributed by atoms with Crippen LogP contribution >= 0.6 is 0 Å². The van der Waals surface area contributed by atoms with Crippen molar-refractivity contribution in [3.63, 3.8) is 0 Å². The van der Waals surface area contributed by atoms with Crippen molar-refractivity contribution in [3.05, 3.63) is 35.4 Å². The van der Waals surface area contributed by atoms with Crippen LogP contribution in [0.15, 0.2) is 24.3 Å². The average Bonchev–Trinajstić information content (AvgIpc) is 2.43. The van der Waals surface area contributed by atoms with Gasteiger partial charge in [-0.2, -0.15) is 0 Å². The summed E-state index contributed by atoms with van der Waals surface area (Å²) >= 11 is 0. The van der Waals surface area contributed by atoms with E-state index in [9.17, 15) is 9.59 Å². The van der Waals surface area contributed by atoms with Gasteiger partial charge in [0, 0.05) is 13.1 Å². The van der Waals surface area contributed by atoms with E-state index in [1.807, 2.05) is 6.07 Å². The number of carboxylic acids is 1. The van der Waals surface area contributed by atoms with Crippen LogP contribution in [0.5, 0.6) is 0 Å². The van der Waals surface area contributed by atoms with Crippen LogP contribution in [0.2, 0.25) is 0 Å². The van der Waals surface area contributed by atoms with E-state index in [-0.39, 0.29) is 17.0 Å². The summed E-state index contributed by atoms with van der Waals surface area (Å²) in [5, 5.41) is 14.6. The summed E-state index contributed by atoms with van der Waals surface area (Å²) in [4.78, 5) is 22.5. The smallest absolute Gasteiger partial charge is 0.335 e. The molecule has 0 radical (unpaired) electrons. The van der Waals surface area contributed by atoms with Gasteiger partial charge in [-0.25, -0.2) is 9.59 Å². The number of rotatable bonds is 6. The second-order valence-corrected chi connectivity index (χ2v) is 6.03. The molecule has 1 fully saturated rings. The van der Waals surface area contributed by atoms with E-state index in [1.54, 1.807) is 18.2 Å². The average molecular weight is 290 g/mol. The van der Waals surface area contributed by atoms with E-state index in [2.05, 4.69) is 17.6 Å². The number of hydrogen-bond donors (Lipinski definition) is 3. The summed E-state index contributed by atoms with van der Waals surface area (Å²) in [6, 6.07) is 6.62. The molecule has 0 heterocycles. The van der Waals surface area contributed by atoms with Gasteiger partial charge in [0.05, 0.1) is 5.56 Å². The zero-order chi connectivity index (χ0) is 15.3. The quantitative estimate of drug-likeness (QED) is 0.753. The zero-order valence-electron chi connectivity index (χ0n) is 12.3. The maximum atomic E-state index is 11.7. The third-order valence-corrected chi connectivity index (χ3v) is 4.11. The highest BCUT2D eigenvalue weighted by molar-refractivity contribution is 5.87. The monoisotopic (exact) mass is 290 g/mol. The molecule has 1 aliphatic carbocycles. The highest BCUT2D eigenvalue weighted by atomic mass is 16.4. The number of hydrogen-bond acceptors (Lipinski definition) is 2. The highest BCUT2D eigenvalue weighted by Crippen LogP contribution is 2.39. The molecule has 5 heteroatoms. The first kappa shape index (κ1) is 15.4. The van der Waals surface area contributed by atoms with Gasteiger partial charge in [-0.1, -0.05) is 25.5 Å². The fraction of sp³-hybridized carbons (Fsp3) is 0.500. The van der Waals surface area contributed by atoms with Crippen LogP contribution in [0.1, 0.15) is 42.1 Å². The van der Waals surface area contributed by atoms with Crippen molar-refractivity contribution in [1.29, 1.82) is 0 Å². The Morgan fingerprint density at radius 3 is 2.67 bits per heavy atom. The van der Waals surface area contributed by atoms with Crippen molar-refractivity contribution in [2.45, 2.75) is 32.6 Å². The van der Waals surface area contributed by atoms with Gasteiger partial charge >= 0.3 is 12.0 Å². The van der Waals surface area contributed by atoms with Crippen LogP contribution < -0.4 is 10.6 Å². The minimum Gasteiger partial charge on any atom is -0.478 e. The molecule has 0 spiro atoms. The normalized spacial score (nSPS) is 15.9. The van der Waals surface area contributed by atoms with E-state index < -0.39 is 5.97 Å². The van der Waals surface area contributed by atoms with E-state index in [1.165, 1.54) is 19.3 Å². The molecule has 0 atom stereocenters. The molecule has 3 N–H and O–H groups in total. The molecular formula is C16H22N2O3. The second kappa shape index (κ2) is 6.61. The Balaban J connectivity index is 1.70. The number of carbonyl (C=O) groups excluding carboxylic acids is 1. The topological polar surface area (TPSA) is 78.4 Å². The maximum absolute atomic E-state index is 11.7.